The number of nitrogens with zero attached hydrogens (tertiary/aromatic N) is 3. The molecule has 5 nitrogen and oxygen atoms in total. The summed E-state index contributed by atoms with van der Waals surface area (Å²) < 4.78 is 38.9. The second-order valence-corrected chi connectivity index (χ2v) is 7.37. The van der Waals surface area contributed by atoms with Crippen molar-refractivity contribution in [3.8, 4) is 5.75 Å². The summed E-state index contributed by atoms with van der Waals surface area (Å²) in [7, 11) is 0. The van der Waals surface area contributed by atoms with Crippen molar-refractivity contribution in [3.63, 3.8) is 0 Å². The van der Waals surface area contributed by atoms with Crippen molar-refractivity contribution >= 4 is 23.2 Å². The molecule has 0 bridgehead atoms. The SMILES string of the molecule is O=C(c1ccncc1)N1N=C(c2cc(Cl)ccc2O)CC1c1ccc(C(F)(F)F)cc1. The van der Waals surface area contributed by atoms with Gasteiger partial charge in [-0.25, -0.2) is 5.01 Å². The summed E-state index contributed by atoms with van der Waals surface area (Å²) in [5.74, 6) is -0.503. The van der Waals surface area contributed by atoms with Crippen LogP contribution in [0.15, 0.2) is 72.1 Å². The van der Waals surface area contributed by atoms with E-state index in [-0.39, 0.29) is 12.2 Å². The molecule has 1 unspecified atom stereocenters. The number of carbonyl (C=O) groups is 1. The second-order valence-electron chi connectivity index (χ2n) is 6.93. The molecule has 4 rings (SSSR count). The zero-order chi connectivity index (χ0) is 22.2. The minimum Gasteiger partial charge on any atom is -0.507 e. The smallest absolute Gasteiger partial charge is 0.416 e. The Morgan fingerprint density at radius 2 is 1.74 bits per heavy atom. The van der Waals surface area contributed by atoms with Crippen LogP contribution in [0.3, 0.4) is 0 Å². The largest absolute Gasteiger partial charge is 0.507 e. The average molecular weight is 446 g/mol. The van der Waals surface area contributed by atoms with Crippen LogP contribution < -0.4 is 0 Å². The highest BCUT2D eigenvalue weighted by molar-refractivity contribution is 6.31. The third kappa shape index (κ3) is 4.25. The van der Waals surface area contributed by atoms with E-state index >= 15 is 0 Å². The lowest BCUT2D eigenvalue weighted by molar-refractivity contribution is -0.137. The van der Waals surface area contributed by atoms with E-state index in [9.17, 15) is 23.1 Å². The summed E-state index contributed by atoms with van der Waals surface area (Å²) in [6, 6.07) is 11.5. The normalized spacial score (nSPS) is 16.3. The average Bonchev–Trinajstić information content (AvgIpc) is 3.20. The van der Waals surface area contributed by atoms with Crippen LogP contribution in [0.4, 0.5) is 13.2 Å². The summed E-state index contributed by atoms with van der Waals surface area (Å²) in [6.45, 7) is 0. The van der Waals surface area contributed by atoms with Crippen molar-refractivity contribution < 1.29 is 23.1 Å². The van der Waals surface area contributed by atoms with Crippen molar-refractivity contribution in [2.45, 2.75) is 18.6 Å². The fraction of sp³-hybridized carbons (Fsp3) is 0.136. The van der Waals surface area contributed by atoms with Crippen molar-refractivity contribution in [1.29, 1.82) is 0 Å². The highest BCUT2D eigenvalue weighted by atomic mass is 35.5. The molecule has 0 aliphatic carbocycles. The Morgan fingerprint density at radius 3 is 2.39 bits per heavy atom. The van der Waals surface area contributed by atoms with Gasteiger partial charge in [0, 0.05) is 35.0 Å². The molecule has 1 N–H and O–H groups in total. The number of hydrazone groups is 1. The van der Waals surface area contributed by atoms with E-state index in [1.54, 1.807) is 0 Å². The Labute approximate surface area is 180 Å². The lowest BCUT2D eigenvalue weighted by Crippen LogP contribution is -2.27. The highest BCUT2D eigenvalue weighted by Gasteiger charge is 2.36. The lowest BCUT2D eigenvalue weighted by atomic mass is 9.97. The molecule has 0 fully saturated rings. The van der Waals surface area contributed by atoms with Gasteiger partial charge in [0.05, 0.1) is 17.3 Å². The number of alkyl halides is 3. The van der Waals surface area contributed by atoms with Crippen LogP contribution in [0.5, 0.6) is 5.75 Å². The third-order valence-corrected chi connectivity index (χ3v) is 5.17. The molecule has 2 heterocycles. The Balaban J connectivity index is 1.74. The Hall–Kier alpha value is -3.39. The number of pyridine rings is 1. The number of halogens is 4. The summed E-state index contributed by atoms with van der Waals surface area (Å²) in [6.07, 6.45) is -1.35. The molecule has 0 saturated carbocycles. The van der Waals surface area contributed by atoms with E-state index in [2.05, 4.69) is 10.1 Å². The second kappa shape index (κ2) is 8.03. The number of benzene rings is 2. The van der Waals surface area contributed by atoms with Crippen molar-refractivity contribution in [1.82, 2.24) is 9.99 Å². The monoisotopic (exact) mass is 445 g/mol. The molecule has 3 aromatic rings. The first-order chi connectivity index (χ1) is 14.7. The van der Waals surface area contributed by atoms with Gasteiger partial charge < -0.3 is 5.11 Å². The van der Waals surface area contributed by atoms with Crippen molar-refractivity contribution in [2.75, 3.05) is 0 Å². The van der Waals surface area contributed by atoms with Crippen LogP contribution in [-0.2, 0) is 6.18 Å². The predicted octanol–water partition coefficient (Wildman–Crippen LogP) is 5.45. The van der Waals surface area contributed by atoms with Gasteiger partial charge in [0.25, 0.3) is 5.91 Å². The van der Waals surface area contributed by atoms with Crippen LogP contribution in [0.25, 0.3) is 0 Å². The maximum absolute atomic E-state index is 13.1. The van der Waals surface area contributed by atoms with Gasteiger partial charge >= 0.3 is 6.18 Å². The quantitative estimate of drug-likeness (QED) is 0.583. The van der Waals surface area contributed by atoms with Crippen LogP contribution in [0.1, 0.15) is 39.5 Å². The Bertz CT molecular complexity index is 1150. The molecule has 0 spiro atoms. The molecule has 1 aliphatic rings. The molecular weight excluding hydrogens is 431 g/mol. The maximum atomic E-state index is 13.1. The van der Waals surface area contributed by atoms with Gasteiger partial charge in [0.2, 0.25) is 0 Å². The highest BCUT2D eigenvalue weighted by Crippen LogP contribution is 2.37. The van der Waals surface area contributed by atoms with Gasteiger partial charge in [-0.05, 0) is 48.0 Å². The fourth-order valence-electron chi connectivity index (χ4n) is 3.38. The van der Waals surface area contributed by atoms with Crippen LogP contribution in [-0.4, -0.2) is 26.7 Å². The molecule has 2 aromatic carbocycles. The molecule has 1 atom stereocenters. The van der Waals surface area contributed by atoms with E-state index in [1.807, 2.05) is 0 Å². The Morgan fingerprint density at radius 1 is 1.06 bits per heavy atom. The number of carbonyl (C=O) groups excluding carboxylic acids is 1. The van der Waals surface area contributed by atoms with Crippen LogP contribution >= 0.6 is 11.6 Å². The zero-order valence-electron chi connectivity index (χ0n) is 15.8. The standard InChI is InChI=1S/C22H15ClF3N3O2/c23-16-5-6-20(30)17(11-16)18-12-19(13-1-3-15(4-2-13)22(24,25)26)29(28-18)21(31)14-7-9-27-10-8-14/h1-11,19,30H,12H2. The maximum Gasteiger partial charge on any atom is 0.416 e. The predicted molar refractivity (Wildman–Crippen MR) is 109 cm³/mol. The first kappa shape index (κ1) is 20.9. The molecular formula is C22H15ClF3N3O2. The number of aromatic nitrogens is 1. The number of aromatic hydroxyl groups is 1. The van der Waals surface area contributed by atoms with Crippen molar-refractivity contribution in [3.05, 3.63) is 94.3 Å². The third-order valence-electron chi connectivity index (χ3n) is 4.94. The van der Waals surface area contributed by atoms with Gasteiger partial charge in [-0.3, -0.25) is 9.78 Å². The molecule has 0 radical (unpaired) electrons. The first-order valence-electron chi connectivity index (χ1n) is 9.21. The minimum atomic E-state index is -4.46. The summed E-state index contributed by atoms with van der Waals surface area (Å²) in [5.41, 5.74) is 0.777. The number of rotatable bonds is 3. The van der Waals surface area contributed by atoms with Gasteiger partial charge in [0.1, 0.15) is 5.75 Å². The minimum absolute atomic E-state index is 0.0625. The lowest BCUT2D eigenvalue weighted by Gasteiger charge is -2.22. The van der Waals surface area contributed by atoms with E-state index in [0.29, 0.717) is 27.4 Å². The molecule has 9 heteroatoms. The Kier molecular flexibility index (Phi) is 5.41. The van der Waals surface area contributed by atoms with E-state index in [0.717, 1.165) is 12.1 Å². The molecule has 1 aromatic heterocycles. The van der Waals surface area contributed by atoms with Gasteiger partial charge in [-0.15, -0.1) is 0 Å². The number of phenols is 1. The van der Waals surface area contributed by atoms with Gasteiger partial charge in [0.15, 0.2) is 0 Å². The first-order valence-corrected chi connectivity index (χ1v) is 9.59. The van der Waals surface area contributed by atoms with E-state index in [1.165, 1.54) is 59.9 Å². The zero-order valence-corrected chi connectivity index (χ0v) is 16.6. The van der Waals surface area contributed by atoms with Gasteiger partial charge in [-0.1, -0.05) is 23.7 Å². The molecule has 158 valence electrons. The summed E-state index contributed by atoms with van der Waals surface area (Å²) in [4.78, 5) is 17.0. The van der Waals surface area contributed by atoms with Crippen LogP contribution in [0.2, 0.25) is 5.02 Å². The molecule has 1 amide bonds. The number of phenolic OH excluding ortho intramolecular Hbond substituents is 1. The van der Waals surface area contributed by atoms with E-state index < -0.39 is 23.7 Å². The van der Waals surface area contributed by atoms with Crippen LogP contribution in [0, 0.1) is 0 Å². The molecule has 1 aliphatic heterocycles. The fourth-order valence-corrected chi connectivity index (χ4v) is 3.55. The summed E-state index contributed by atoms with van der Waals surface area (Å²) in [5, 5.41) is 16.2. The number of hydrogen-bond donors (Lipinski definition) is 1. The van der Waals surface area contributed by atoms with Crippen molar-refractivity contribution in [2.24, 2.45) is 5.10 Å². The topological polar surface area (TPSA) is 65.8 Å². The summed E-state index contributed by atoms with van der Waals surface area (Å²) >= 11 is 6.04. The van der Waals surface area contributed by atoms with E-state index in [4.69, 9.17) is 11.6 Å². The van der Waals surface area contributed by atoms with Gasteiger partial charge in [-0.2, -0.15) is 18.3 Å². The molecule has 0 saturated heterocycles. The number of hydrogen-bond acceptors (Lipinski definition) is 4. The number of amides is 1. The molecule has 31 heavy (non-hydrogen) atoms.